The molecule has 0 saturated heterocycles. The van der Waals surface area contributed by atoms with Gasteiger partial charge in [0.05, 0.1) is 0 Å². The summed E-state index contributed by atoms with van der Waals surface area (Å²) in [6.07, 6.45) is 1.91. The third-order valence-corrected chi connectivity index (χ3v) is 3.77. The number of primary amides is 1. The zero-order valence-electron chi connectivity index (χ0n) is 13.1. The zero-order chi connectivity index (χ0) is 16.2. The van der Waals surface area contributed by atoms with Gasteiger partial charge in [-0.1, -0.05) is 30.3 Å². The van der Waals surface area contributed by atoms with E-state index in [0.29, 0.717) is 12.3 Å². The number of rotatable bonds is 6. The van der Waals surface area contributed by atoms with E-state index in [1.165, 1.54) is 0 Å². The normalized spacial score (nSPS) is 11.7. The lowest BCUT2D eigenvalue weighted by molar-refractivity contribution is -0.125. The molecular formula is C18H20ClN3O2. The van der Waals surface area contributed by atoms with E-state index in [0.717, 1.165) is 28.5 Å². The van der Waals surface area contributed by atoms with E-state index < -0.39 is 12.0 Å². The number of halogens is 1. The second kappa shape index (κ2) is 7.86. The summed E-state index contributed by atoms with van der Waals surface area (Å²) in [5.41, 5.74) is 14.0. The van der Waals surface area contributed by atoms with E-state index >= 15 is 0 Å². The smallest absolute Gasteiger partial charge is 0.263 e. The average Bonchev–Trinajstić information content (AvgIpc) is 2.96. The number of hydrogen-bond donors (Lipinski definition) is 3. The molecule has 0 aliphatic heterocycles. The van der Waals surface area contributed by atoms with Gasteiger partial charge < -0.3 is 21.2 Å². The number of amides is 1. The lowest BCUT2D eigenvalue weighted by Gasteiger charge is -2.16. The number of aromatic amines is 1. The summed E-state index contributed by atoms with van der Waals surface area (Å²) in [7, 11) is 0. The van der Waals surface area contributed by atoms with Crippen LogP contribution in [-0.4, -0.2) is 17.4 Å². The molecule has 1 unspecified atom stereocenters. The van der Waals surface area contributed by atoms with Crippen molar-refractivity contribution in [2.24, 2.45) is 11.5 Å². The summed E-state index contributed by atoms with van der Waals surface area (Å²) in [6, 6.07) is 14.9. The van der Waals surface area contributed by atoms with Crippen LogP contribution in [0.5, 0.6) is 5.75 Å². The second-order valence-electron chi connectivity index (χ2n) is 5.37. The zero-order valence-corrected chi connectivity index (χ0v) is 13.9. The van der Waals surface area contributed by atoms with Gasteiger partial charge in [-0.15, -0.1) is 12.4 Å². The first-order valence-corrected chi connectivity index (χ1v) is 7.50. The van der Waals surface area contributed by atoms with Crippen LogP contribution in [0.15, 0.2) is 54.7 Å². The molecule has 1 heterocycles. The van der Waals surface area contributed by atoms with Gasteiger partial charge in [0.1, 0.15) is 5.75 Å². The molecule has 3 rings (SSSR count). The standard InChI is InChI=1S/C18H19N3O2.ClH/c19-9-8-13-11-21-16-7-6-14(10-15(13)16)23-17(18(20)22)12-4-2-1-3-5-12;/h1-7,10-11,17,21H,8-9,19H2,(H2,20,22);1H. The number of nitrogens with one attached hydrogen (secondary N) is 1. The van der Waals surface area contributed by atoms with Crippen molar-refractivity contribution in [3.05, 3.63) is 65.9 Å². The fraction of sp³-hybridized carbons (Fsp3) is 0.167. The molecule has 6 heteroatoms. The van der Waals surface area contributed by atoms with Crippen LogP contribution in [0.1, 0.15) is 17.2 Å². The van der Waals surface area contributed by atoms with E-state index in [9.17, 15) is 4.79 Å². The molecule has 0 bridgehead atoms. The highest BCUT2D eigenvalue weighted by molar-refractivity contribution is 5.86. The van der Waals surface area contributed by atoms with Crippen molar-refractivity contribution in [1.82, 2.24) is 4.98 Å². The molecule has 0 radical (unpaired) electrons. The highest BCUT2D eigenvalue weighted by Gasteiger charge is 2.20. The molecule has 24 heavy (non-hydrogen) atoms. The molecule has 1 amide bonds. The number of H-pyrrole nitrogens is 1. The molecule has 0 aliphatic rings. The molecule has 126 valence electrons. The van der Waals surface area contributed by atoms with Crippen molar-refractivity contribution in [2.75, 3.05) is 6.54 Å². The minimum atomic E-state index is -0.814. The highest BCUT2D eigenvalue weighted by Crippen LogP contribution is 2.27. The van der Waals surface area contributed by atoms with Gasteiger partial charge >= 0.3 is 0 Å². The topological polar surface area (TPSA) is 94.1 Å². The molecule has 1 atom stereocenters. The van der Waals surface area contributed by atoms with E-state index in [2.05, 4.69) is 4.98 Å². The van der Waals surface area contributed by atoms with Crippen LogP contribution in [0, 0.1) is 0 Å². The van der Waals surface area contributed by atoms with Crippen LogP contribution in [0.25, 0.3) is 10.9 Å². The Hall–Kier alpha value is -2.50. The number of carbonyl (C=O) groups is 1. The average molecular weight is 346 g/mol. The fourth-order valence-electron chi connectivity index (χ4n) is 2.65. The highest BCUT2D eigenvalue weighted by atomic mass is 35.5. The summed E-state index contributed by atoms with van der Waals surface area (Å²) in [5, 5.41) is 1.05. The number of benzene rings is 2. The van der Waals surface area contributed by atoms with Gasteiger partial charge in [-0.3, -0.25) is 4.79 Å². The van der Waals surface area contributed by atoms with Crippen molar-refractivity contribution in [2.45, 2.75) is 12.5 Å². The molecule has 1 aromatic heterocycles. The van der Waals surface area contributed by atoms with Crippen LogP contribution >= 0.6 is 12.4 Å². The van der Waals surface area contributed by atoms with Crippen LogP contribution in [0.3, 0.4) is 0 Å². The van der Waals surface area contributed by atoms with Crippen molar-refractivity contribution in [1.29, 1.82) is 0 Å². The van der Waals surface area contributed by atoms with Gasteiger partial charge in [-0.25, -0.2) is 0 Å². The fourth-order valence-corrected chi connectivity index (χ4v) is 2.65. The Morgan fingerprint density at radius 3 is 2.58 bits per heavy atom. The first kappa shape index (κ1) is 17.8. The lowest BCUT2D eigenvalue weighted by atomic mass is 10.1. The van der Waals surface area contributed by atoms with E-state index in [1.807, 2.05) is 54.7 Å². The van der Waals surface area contributed by atoms with Gasteiger partial charge in [0.25, 0.3) is 5.91 Å². The van der Waals surface area contributed by atoms with Gasteiger partial charge in [-0.05, 0) is 36.7 Å². The first-order chi connectivity index (χ1) is 11.2. The quantitative estimate of drug-likeness (QED) is 0.641. The monoisotopic (exact) mass is 345 g/mol. The molecule has 2 aromatic carbocycles. The molecule has 0 spiro atoms. The molecule has 5 nitrogen and oxygen atoms in total. The van der Waals surface area contributed by atoms with Crippen LogP contribution in [0.4, 0.5) is 0 Å². The van der Waals surface area contributed by atoms with Crippen LogP contribution < -0.4 is 16.2 Å². The number of fused-ring (bicyclic) bond motifs is 1. The molecular weight excluding hydrogens is 326 g/mol. The Morgan fingerprint density at radius 2 is 1.92 bits per heavy atom. The Labute approximate surface area is 146 Å². The minimum absolute atomic E-state index is 0. The minimum Gasteiger partial charge on any atom is -0.476 e. The molecule has 0 aliphatic carbocycles. The van der Waals surface area contributed by atoms with Crippen molar-refractivity contribution in [3.63, 3.8) is 0 Å². The summed E-state index contributed by atoms with van der Waals surface area (Å²) < 4.78 is 5.85. The number of aromatic nitrogens is 1. The number of nitrogens with two attached hydrogens (primary N) is 2. The predicted molar refractivity (Wildman–Crippen MR) is 97.3 cm³/mol. The number of carbonyl (C=O) groups excluding carboxylic acids is 1. The van der Waals surface area contributed by atoms with Gasteiger partial charge in [0, 0.05) is 22.7 Å². The summed E-state index contributed by atoms with van der Waals surface area (Å²) in [6.45, 7) is 0.575. The third-order valence-electron chi connectivity index (χ3n) is 3.77. The summed E-state index contributed by atoms with van der Waals surface area (Å²) in [5.74, 6) is 0.0792. The van der Waals surface area contributed by atoms with Gasteiger partial charge in [0.2, 0.25) is 6.10 Å². The Balaban J connectivity index is 0.00000208. The largest absolute Gasteiger partial charge is 0.476 e. The Kier molecular flexibility index (Phi) is 5.84. The SMILES string of the molecule is Cl.NCCc1c[nH]c2ccc(OC(C(N)=O)c3ccccc3)cc12. The first-order valence-electron chi connectivity index (χ1n) is 7.50. The van der Waals surface area contributed by atoms with Gasteiger partial charge in [-0.2, -0.15) is 0 Å². The molecule has 0 fully saturated rings. The summed E-state index contributed by atoms with van der Waals surface area (Å²) in [4.78, 5) is 15.0. The van der Waals surface area contributed by atoms with Crippen molar-refractivity contribution >= 4 is 29.2 Å². The molecule has 5 N–H and O–H groups in total. The maximum atomic E-state index is 11.8. The molecule has 0 saturated carbocycles. The molecule has 3 aromatic rings. The lowest BCUT2D eigenvalue weighted by Crippen LogP contribution is -2.26. The van der Waals surface area contributed by atoms with Crippen LogP contribution in [-0.2, 0) is 11.2 Å². The number of ether oxygens (including phenoxy) is 1. The second-order valence-corrected chi connectivity index (χ2v) is 5.37. The number of hydrogen-bond acceptors (Lipinski definition) is 3. The Bertz CT molecular complexity index is 818. The van der Waals surface area contributed by atoms with Crippen molar-refractivity contribution < 1.29 is 9.53 Å². The maximum absolute atomic E-state index is 11.8. The van der Waals surface area contributed by atoms with E-state index in [-0.39, 0.29) is 12.4 Å². The van der Waals surface area contributed by atoms with Gasteiger partial charge in [0.15, 0.2) is 0 Å². The Morgan fingerprint density at radius 1 is 1.17 bits per heavy atom. The van der Waals surface area contributed by atoms with Crippen LogP contribution in [0.2, 0.25) is 0 Å². The maximum Gasteiger partial charge on any atom is 0.263 e. The van der Waals surface area contributed by atoms with E-state index in [4.69, 9.17) is 16.2 Å². The third kappa shape index (κ3) is 3.69. The summed E-state index contributed by atoms with van der Waals surface area (Å²) >= 11 is 0. The van der Waals surface area contributed by atoms with Crippen molar-refractivity contribution in [3.8, 4) is 5.75 Å². The van der Waals surface area contributed by atoms with E-state index in [1.54, 1.807) is 0 Å². The predicted octanol–water partition coefficient (Wildman–Crippen LogP) is 2.70.